The Balaban J connectivity index is 1.67. The number of benzene rings is 2. The monoisotopic (exact) mass is 566 g/mol. The first kappa shape index (κ1) is 21.4. The molecular weight excluding hydrogens is 548 g/mol. The SMILES string of the molecule is Cc1cc(N2C(=S)N[C@@H](c3ccccn3)[C@@H]2c2cccn2-c2ccc(Br)cc2)ccc1Br. The molecule has 1 aliphatic rings. The number of pyridine rings is 1. The first-order chi connectivity index (χ1) is 15.5. The summed E-state index contributed by atoms with van der Waals surface area (Å²) < 4.78 is 4.36. The zero-order valence-electron chi connectivity index (χ0n) is 17.2. The fourth-order valence-corrected chi connectivity index (χ4v) is 5.04. The van der Waals surface area contributed by atoms with Crippen LogP contribution in [-0.4, -0.2) is 14.7 Å². The average Bonchev–Trinajstić information content (AvgIpc) is 3.41. The number of anilines is 1. The van der Waals surface area contributed by atoms with Gasteiger partial charge in [-0.3, -0.25) is 4.98 Å². The number of nitrogens with one attached hydrogen (secondary N) is 1. The summed E-state index contributed by atoms with van der Waals surface area (Å²) in [4.78, 5) is 6.86. The summed E-state index contributed by atoms with van der Waals surface area (Å²) >= 11 is 13.0. The third-order valence-electron chi connectivity index (χ3n) is 5.71. The lowest BCUT2D eigenvalue weighted by Crippen LogP contribution is -2.30. The van der Waals surface area contributed by atoms with Crippen molar-refractivity contribution in [2.24, 2.45) is 0 Å². The molecule has 0 radical (unpaired) electrons. The number of hydrogen-bond donors (Lipinski definition) is 1. The van der Waals surface area contributed by atoms with E-state index in [0.29, 0.717) is 5.11 Å². The fraction of sp³-hybridized carbons (Fsp3) is 0.120. The molecule has 0 spiro atoms. The number of rotatable bonds is 4. The van der Waals surface area contributed by atoms with E-state index in [1.807, 2.05) is 18.3 Å². The molecule has 1 fully saturated rings. The summed E-state index contributed by atoms with van der Waals surface area (Å²) in [6.45, 7) is 2.09. The second-order valence-electron chi connectivity index (χ2n) is 7.71. The molecule has 160 valence electrons. The van der Waals surface area contributed by atoms with E-state index in [9.17, 15) is 0 Å². The van der Waals surface area contributed by atoms with Crippen molar-refractivity contribution in [1.82, 2.24) is 14.9 Å². The highest BCUT2D eigenvalue weighted by Gasteiger charge is 2.42. The summed E-state index contributed by atoms with van der Waals surface area (Å²) in [5.41, 5.74) is 5.40. The topological polar surface area (TPSA) is 33.1 Å². The Morgan fingerprint density at radius 3 is 2.44 bits per heavy atom. The van der Waals surface area contributed by atoms with E-state index in [-0.39, 0.29) is 12.1 Å². The molecule has 2 atom stereocenters. The van der Waals surface area contributed by atoms with Crippen molar-refractivity contribution in [3.8, 4) is 5.69 Å². The lowest BCUT2D eigenvalue weighted by Gasteiger charge is -2.29. The number of hydrogen-bond acceptors (Lipinski definition) is 2. The summed E-state index contributed by atoms with van der Waals surface area (Å²) in [7, 11) is 0. The predicted octanol–water partition coefficient (Wildman–Crippen LogP) is 6.88. The van der Waals surface area contributed by atoms with E-state index in [1.165, 1.54) is 0 Å². The maximum absolute atomic E-state index is 5.86. The molecule has 7 heteroatoms. The van der Waals surface area contributed by atoms with Crippen LogP contribution in [0.3, 0.4) is 0 Å². The normalized spacial score (nSPS) is 18.1. The van der Waals surface area contributed by atoms with Gasteiger partial charge in [-0.25, -0.2) is 0 Å². The van der Waals surface area contributed by atoms with Gasteiger partial charge in [-0.2, -0.15) is 0 Å². The largest absolute Gasteiger partial charge is 0.351 e. The van der Waals surface area contributed by atoms with Gasteiger partial charge in [-0.1, -0.05) is 37.9 Å². The molecule has 0 aliphatic carbocycles. The number of nitrogens with zero attached hydrogens (tertiary/aromatic N) is 3. The van der Waals surface area contributed by atoms with Gasteiger partial charge in [0.05, 0.1) is 11.7 Å². The summed E-state index contributed by atoms with van der Waals surface area (Å²) in [6.07, 6.45) is 3.93. The van der Waals surface area contributed by atoms with Crippen LogP contribution >= 0.6 is 44.1 Å². The van der Waals surface area contributed by atoms with Gasteiger partial charge < -0.3 is 14.8 Å². The minimum absolute atomic E-state index is 0.0726. The number of aryl methyl sites for hydroxylation is 1. The molecule has 5 rings (SSSR count). The minimum Gasteiger partial charge on any atom is -0.351 e. The Bertz CT molecular complexity index is 1270. The lowest BCUT2D eigenvalue weighted by molar-refractivity contribution is 0.549. The average molecular weight is 568 g/mol. The van der Waals surface area contributed by atoms with E-state index in [0.717, 1.165) is 37.3 Å². The van der Waals surface area contributed by atoms with Gasteiger partial charge in [0.15, 0.2) is 5.11 Å². The first-order valence-corrected chi connectivity index (χ1v) is 12.2. The van der Waals surface area contributed by atoms with Crippen LogP contribution in [0.4, 0.5) is 5.69 Å². The zero-order chi connectivity index (χ0) is 22.2. The highest BCUT2D eigenvalue weighted by atomic mass is 79.9. The van der Waals surface area contributed by atoms with Crippen molar-refractivity contribution in [2.45, 2.75) is 19.0 Å². The fourth-order valence-electron chi connectivity index (χ4n) is 4.18. The van der Waals surface area contributed by atoms with E-state index in [4.69, 9.17) is 12.2 Å². The van der Waals surface area contributed by atoms with Crippen LogP contribution in [0.1, 0.15) is 29.0 Å². The van der Waals surface area contributed by atoms with Gasteiger partial charge in [-0.15, -0.1) is 0 Å². The molecule has 1 saturated heterocycles. The van der Waals surface area contributed by atoms with Crippen LogP contribution in [0.5, 0.6) is 0 Å². The summed E-state index contributed by atoms with van der Waals surface area (Å²) in [5.74, 6) is 0. The van der Waals surface area contributed by atoms with Crippen molar-refractivity contribution >= 4 is 54.9 Å². The summed E-state index contributed by atoms with van der Waals surface area (Å²) in [6, 6.07) is 24.8. The maximum atomic E-state index is 5.86. The van der Waals surface area contributed by atoms with E-state index in [2.05, 4.69) is 125 Å². The van der Waals surface area contributed by atoms with Crippen molar-refractivity contribution in [3.05, 3.63) is 111 Å². The quantitative estimate of drug-likeness (QED) is 0.272. The van der Waals surface area contributed by atoms with Crippen LogP contribution in [0.15, 0.2) is 94.1 Å². The van der Waals surface area contributed by atoms with Crippen LogP contribution in [-0.2, 0) is 0 Å². The van der Waals surface area contributed by atoms with Gasteiger partial charge in [-0.05, 0) is 91.4 Å². The molecule has 4 nitrogen and oxygen atoms in total. The van der Waals surface area contributed by atoms with Crippen molar-refractivity contribution in [3.63, 3.8) is 0 Å². The van der Waals surface area contributed by atoms with Crippen molar-refractivity contribution in [1.29, 1.82) is 0 Å². The maximum Gasteiger partial charge on any atom is 0.174 e. The van der Waals surface area contributed by atoms with E-state index >= 15 is 0 Å². The molecular formula is C25H20Br2N4S. The first-order valence-electron chi connectivity index (χ1n) is 10.2. The van der Waals surface area contributed by atoms with Crippen LogP contribution < -0.4 is 10.2 Å². The minimum atomic E-state index is -0.0863. The Hall–Kier alpha value is -2.48. The van der Waals surface area contributed by atoms with Gasteiger partial charge in [0.25, 0.3) is 0 Å². The summed E-state index contributed by atoms with van der Waals surface area (Å²) in [5, 5.41) is 4.23. The Morgan fingerprint density at radius 1 is 0.938 bits per heavy atom. The number of halogens is 2. The second kappa shape index (κ2) is 8.81. The molecule has 2 aromatic heterocycles. The van der Waals surface area contributed by atoms with E-state index in [1.54, 1.807) is 0 Å². The van der Waals surface area contributed by atoms with E-state index < -0.39 is 0 Å². The second-order valence-corrected chi connectivity index (χ2v) is 9.87. The molecule has 3 heterocycles. The number of aromatic nitrogens is 2. The van der Waals surface area contributed by atoms with Gasteiger partial charge in [0.2, 0.25) is 0 Å². The van der Waals surface area contributed by atoms with Crippen molar-refractivity contribution < 1.29 is 0 Å². The molecule has 0 amide bonds. The van der Waals surface area contributed by atoms with Gasteiger partial charge >= 0.3 is 0 Å². The predicted molar refractivity (Wildman–Crippen MR) is 140 cm³/mol. The Kier molecular flexibility index (Phi) is 5.88. The molecule has 1 N–H and O–H groups in total. The van der Waals surface area contributed by atoms with Crippen LogP contribution in [0.2, 0.25) is 0 Å². The highest BCUT2D eigenvalue weighted by Crippen LogP contribution is 2.42. The zero-order valence-corrected chi connectivity index (χ0v) is 21.2. The van der Waals surface area contributed by atoms with Crippen LogP contribution in [0.25, 0.3) is 5.69 Å². The molecule has 0 saturated carbocycles. The molecule has 1 aliphatic heterocycles. The Labute approximate surface area is 209 Å². The third kappa shape index (κ3) is 3.89. The Morgan fingerprint density at radius 2 is 1.72 bits per heavy atom. The molecule has 2 aromatic carbocycles. The van der Waals surface area contributed by atoms with Crippen molar-refractivity contribution in [2.75, 3.05) is 4.90 Å². The third-order valence-corrected chi connectivity index (χ3v) is 7.44. The van der Waals surface area contributed by atoms with Gasteiger partial charge in [0, 0.05) is 38.4 Å². The molecule has 32 heavy (non-hydrogen) atoms. The smallest absolute Gasteiger partial charge is 0.174 e. The molecule has 0 bridgehead atoms. The standard InChI is InChI=1S/C25H20Br2N4S/c1-16-15-19(11-12-20(16)27)31-24(23(29-25(31)32)21-5-2-3-13-28-21)22-6-4-14-30(22)18-9-7-17(26)8-10-18/h2-15,23-24H,1H3,(H,29,32)/t23-,24-/m0/s1. The molecule has 4 aromatic rings. The lowest BCUT2D eigenvalue weighted by atomic mass is 10.0. The molecule has 0 unspecified atom stereocenters. The number of thiocarbonyl (C=S) groups is 1. The van der Waals surface area contributed by atoms with Gasteiger partial charge in [0.1, 0.15) is 6.04 Å². The highest BCUT2D eigenvalue weighted by molar-refractivity contribution is 9.10. The van der Waals surface area contributed by atoms with Crippen LogP contribution in [0, 0.1) is 6.92 Å².